The second kappa shape index (κ2) is 13.5. The smallest absolute Gasteiger partial charge is 0.194 e. The van der Waals surface area contributed by atoms with Gasteiger partial charge in [0.15, 0.2) is 5.96 Å². The molecule has 0 aliphatic carbocycles. The van der Waals surface area contributed by atoms with E-state index in [-0.39, 0.29) is 30.1 Å². The maximum absolute atomic E-state index is 5.38. The molecule has 0 bridgehead atoms. The molecule has 2 aromatic rings. The van der Waals surface area contributed by atoms with Crippen molar-refractivity contribution in [1.29, 1.82) is 0 Å². The van der Waals surface area contributed by atoms with Crippen LogP contribution in [0, 0.1) is 0 Å². The van der Waals surface area contributed by atoms with Gasteiger partial charge >= 0.3 is 0 Å². The predicted octanol–water partition coefficient (Wildman–Crippen LogP) is 5.05. The molecule has 2 unspecified atom stereocenters. The van der Waals surface area contributed by atoms with Crippen LogP contribution >= 0.6 is 35.3 Å². The van der Waals surface area contributed by atoms with Crippen LogP contribution in [0.1, 0.15) is 61.0 Å². The lowest BCUT2D eigenvalue weighted by molar-refractivity contribution is 0.119. The number of likely N-dealkylation sites (tertiary alicyclic amines) is 1. The van der Waals surface area contributed by atoms with E-state index in [1.807, 2.05) is 14.0 Å². The van der Waals surface area contributed by atoms with Gasteiger partial charge in [-0.1, -0.05) is 30.7 Å². The van der Waals surface area contributed by atoms with Crippen LogP contribution in [0.2, 0.25) is 0 Å². The van der Waals surface area contributed by atoms with Crippen molar-refractivity contribution >= 4 is 41.3 Å². The van der Waals surface area contributed by atoms with Crippen LogP contribution < -0.4 is 5.32 Å². The Kier molecular flexibility index (Phi) is 11.4. The van der Waals surface area contributed by atoms with Gasteiger partial charge in [0.05, 0.1) is 12.2 Å². The highest BCUT2D eigenvalue weighted by Crippen LogP contribution is 2.22. The van der Waals surface area contributed by atoms with Crippen LogP contribution in [0.3, 0.4) is 0 Å². The van der Waals surface area contributed by atoms with Crippen LogP contribution in [0.25, 0.3) is 0 Å². The van der Waals surface area contributed by atoms with Crippen molar-refractivity contribution in [2.45, 2.75) is 64.9 Å². The molecule has 1 saturated heterocycles. The number of aromatic nitrogens is 1. The van der Waals surface area contributed by atoms with E-state index >= 15 is 0 Å². The molecule has 1 N–H and O–H groups in total. The SMILES string of the molecule is CN=C(NCc1ccccc1CN1CCCCC1C)N(C)Cc1csc(C(C)OC)n1.I. The van der Waals surface area contributed by atoms with E-state index in [4.69, 9.17) is 9.72 Å². The lowest BCUT2D eigenvalue weighted by Gasteiger charge is -2.34. The molecule has 1 aromatic carbocycles. The highest BCUT2D eigenvalue weighted by atomic mass is 127. The molecule has 0 saturated carbocycles. The second-order valence-electron chi connectivity index (χ2n) is 8.40. The number of hydrogen-bond donors (Lipinski definition) is 1. The van der Waals surface area contributed by atoms with E-state index in [9.17, 15) is 0 Å². The maximum atomic E-state index is 5.38. The largest absolute Gasteiger partial charge is 0.375 e. The molecule has 1 aliphatic heterocycles. The molecule has 8 heteroatoms. The zero-order valence-corrected chi connectivity index (χ0v) is 23.2. The summed E-state index contributed by atoms with van der Waals surface area (Å²) in [6.07, 6.45) is 4.00. The molecule has 32 heavy (non-hydrogen) atoms. The fourth-order valence-corrected chi connectivity index (χ4v) is 4.90. The summed E-state index contributed by atoms with van der Waals surface area (Å²) >= 11 is 1.64. The zero-order chi connectivity index (χ0) is 22.2. The van der Waals surface area contributed by atoms with E-state index in [0.29, 0.717) is 12.6 Å². The first-order valence-electron chi connectivity index (χ1n) is 11.2. The molecular formula is C24H38IN5OS. The Hall–Kier alpha value is -1.23. The number of ether oxygens (including phenoxy) is 1. The van der Waals surface area contributed by atoms with Crippen molar-refractivity contribution in [1.82, 2.24) is 20.1 Å². The Morgan fingerprint density at radius 1 is 1.34 bits per heavy atom. The highest BCUT2D eigenvalue weighted by molar-refractivity contribution is 14.0. The standard InChI is InChI=1S/C24H37N5OS.HI/c1-18-10-8-9-13-29(18)15-21-12-7-6-11-20(21)14-26-24(25-3)28(4)16-22-17-31-23(27-22)19(2)30-5;/h6-7,11-12,17-19H,8-10,13-16H2,1-5H3,(H,25,26);1H. The highest BCUT2D eigenvalue weighted by Gasteiger charge is 2.19. The summed E-state index contributed by atoms with van der Waals surface area (Å²) in [6.45, 7) is 8.07. The number of rotatable bonds is 8. The number of guanidine groups is 1. The van der Waals surface area contributed by atoms with E-state index in [2.05, 4.69) is 63.7 Å². The van der Waals surface area contributed by atoms with Crippen LogP contribution in [0.5, 0.6) is 0 Å². The molecule has 6 nitrogen and oxygen atoms in total. The van der Waals surface area contributed by atoms with E-state index in [0.717, 1.165) is 29.8 Å². The van der Waals surface area contributed by atoms with E-state index in [1.165, 1.54) is 36.9 Å². The molecule has 0 amide bonds. The van der Waals surface area contributed by atoms with E-state index in [1.54, 1.807) is 18.4 Å². The lowest BCUT2D eigenvalue weighted by Crippen LogP contribution is -2.39. The quantitative estimate of drug-likeness (QED) is 0.273. The van der Waals surface area contributed by atoms with Crippen LogP contribution in [0.4, 0.5) is 0 Å². The first-order valence-corrected chi connectivity index (χ1v) is 12.1. The average Bonchev–Trinajstić information content (AvgIpc) is 3.24. The van der Waals surface area contributed by atoms with Gasteiger partial charge in [0.1, 0.15) is 11.1 Å². The number of halogens is 1. The molecule has 3 rings (SSSR count). The van der Waals surface area contributed by atoms with Gasteiger partial charge in [0.25, 0.3) is 0 Å². The summed E-state index contributed by atoms with van der Waals surface area (Å²) in [5, 5.41) is 6.65. The minimum Gasteiger partial charge on any atom is -0.375 e. The third kappa shape index (κ3) is 7.40. The Labute approximate surface area is 214 Å². The monoisotopic (exact) mass is 571 g/mol. The molecule has 1 fully saturated rings. The molecule has 0 radical (unpaired) electrons. The zero-order valence-electron chi connectivity index (χ0n) is 20.0. The molecular weight excluding hydrogens is 533 g/mol. The number of methoxy groups -OCH3 is 1. The summed E-state index contributed by atoms with van der Waals surface area (Å²) in [4.78, 5) is 13.9. The van der Waals surface area contributed by atoms with Crippen LogP contribution in [-0.2, 0) is 24.4 Å². The van der Waals surface area contributed by atoms with Gasteiger partial charge < -0.3 is 15.0 Å². The molecule has 2 atom stereocenters. The second-order valence-corrected chi connectivity index (χ2v) is 9.29. The van der Waals surface area contributed by atoms with Crippen LogP contribution in [0.15, 0.2) is 34.6 Å². The number of nitrogens with one attached hydrogen (secondary N) is 1. The van der Waals surface area contributed by atoms with Gasteiger partial charge in [0.2, 0.25) is 0 Å². The molecule has 0 spiro atoms. The summed E-state index contributed by atoms with van der Waals surface area (Å²) < 4.78 is 5.38. The normalized spacial score (nSPS) is 18.2. The molecule has 2 heterocycles. The van der Waals surface area contributed by atoms with Crippen molar-refractivity contribution in [2.75, 3.05) is 27.7 Å². The van der Waals surface area contributed by atoms with Crippen molar-refractivity contribution in [3.63, 3.8) is 0 Å². The van der Waals surface area contributed by atoms with Crippen molar-refractivity contribution in [3.05, 3.63) is 51.5 Å². The number of aliphatic imine (C=N–C) groups is 1. The number of benzene rings is 1. The lowest BCUT2D eigenvalue weighted by atomic mass is 10.0. The molecule has 178 valence electrons. The van der Waals surface area contributed by atoms with Gasteiger partial charge in [-0.25, -0.2) is 4.98 Å². The summed E-state index contributed by atoms with van der Waals surface area (Å²) in [5.41, 5.74) is 3.77. The third-order valence-corrected chi connectivity index (χ3v) is 7.17. The van der Waals surface area contributed by atoms with Gasteiger partial charge in [-0.3, -0.25) is 9.89 Å². The Bertz CT molecular complexity index is 858. The average molecular weight is 572 g/mol. The number of piperidine rings is 1. The number of nitrogens with zero attached hydrogens (tertiary/aromatic N) is 4. The van der Waals surface area contributed by atoms with Crippen molar-refractivity contribution in [3.8, 4) is 0 Å². The topological polar surface area (TPSA) is 53.0 Å². The summed E-state index contributed by atoms with van der Waals surface area (Å²) in [7, 11) is 5.60. The fraction of sp³-hybridized carbons (Fsp3) is 0.583. The minimum absolute atomic E-state index is 0. The van der Waals surface area contributed by atoms with E-state index < -0.39 is 0 Å². The number of thiazole rings is 1. The minimum atomic E-state index is 0. The molecule has 1 aliphatic rings. The maximum Gasteiger partial charge on any atom is 0.194 e. The van der Waals surface area contributed by atoms with Crippen molar-refractivity contribution in [2.24, 2.45) is 4.99 Å². The van der Waals surface area contributed by atoms with Gasteiger partial charge in [-0.2, -0.15) is 0 Å². The Morgan fingerprint density at radius 2 is 2.09 bits per heavy atom. The van der Waals surface area contributed by atoms with Gasteiger partial charge in [-0.15, -0.1) is 35.3 Å². The third-order valence-electron chi connectivity index (χ3n) is 6.11. The van der Waals surface area contributed by atoms with Crippen LogP contribution in [-0.4, -0.2) is 54.5 Å². The predicted molar refractivity (Wildman–Crippen MR) is 145 cm³/mol. The Balaban J connectivity index is 0.00000363. The summed E-state index contributed by atoms with van der Waals surface area (Å²) in [6, 6.07) is 9.43. The van der Waals surface area contributed by atoms with Gasteiger partial charge in [-0.05, 0) is 44.4 Å². The fourth-order valence-electron chi connectivity index (χ4n) is 4.06. The van der Waals surface area contributed by atoms with Crippen molar-refractivity contribution < 1.29 is 4.74 Å². The first kappa shape index (κ1) is 27.0. The number of hydrogen-bond acceptors (Lipinski definition) is 5. The van der Waals surface area contributed by atoms with Gasteiger partial charge in [0, 0.05) is 45.7 Å². The Morgan fingerprint density at radius 3 is 2.78 bits per heavy atom. The first-order chi connectivity index (χ1) is 15.0. The summed E-state index contributed by atoms with van der Waals surface area (Å²) in [5.74, 6) is 0.871. The molecule has 1 aromatic heterocycles.